The van der Waals surface area contributed by atoms with Gasteiger partial charge < -0.3 is 10.2 Å². The second-order valence-electron chi connectivity index (χ2n) is 4.69. The normalized spacial score (nSPS) is 11.9. The Balaban J connectivity index is 2.95. The van der Waals surface area contributed by atoms with Crippen LogP contribution in [0.25, 0.3) is 0 Å². The molecule has 6 heteroatoms. The van der Waals surface area contributed by atoms with Gasteiger partial charge >= 0.3 is 0 Å². The third-order valence-electron chi connectivity index (χ3n) is 3.16. The number of benzene rings is 1. The maximum absolute atomic E-state index is 12.1. The molecule has 0 heterocycles. The minimum Gasteiger partial charge on any atom is -0.355 e. The van der Waals surface area contributed by atoms with Crippen LogP contribution < -0.4 is 5.32 Å². The summed E-state index contributed by atoms with van der Waals surface area (Å²) in [7, 11) is 0. The van der Waals surface area contributed by atoms with Gasteiger partial charge in [0.25, 0.3) is 0 Å². The van der Waals surface area contributed by atoms with Gasteiger partial charge in [0.1, 0.15) is 6.04 Å². The van der Waals surface area contributed by atoms with Crippen LogP contribution in [0.3, 0.4) is 0 Å². The smallest absolute Gasteiger partial charge is 0.242 e. The maximum Gasteiger partial charge on any atom is 0.242 e. The van der Waals surface area contributed by atoms with Crippen molar-refractivity contribution in [3.05, 3.63) is 33.8 Å². The van der Waals surface area contributed by atoms with Gasteiger partial charge in [-0.2, -0.15) is 0 Å². The molecule has 0 saturated heterocycles. The Kier molecular flexibility index (Phi) is 6.99. The van der Waals surface area contributed by atoms with Crippen LogP contribution in [0.1, 0.15) is 32.8 Å². The highest BCUT2D eigenvalue weighted by Crippen LogP contribution is 2.23. The number of hydrogen-bond acceptors (Lipinski definition) is 2. The van der Waals surface area contributed by atoms with Crippen molar-refractivity contribution in [3.63, 3.8) is 0 Å². The monoisotopic (exact) mass is 330 g/mol. The number of nitrogens with one attached hydrogen (secondary N) is 1. The number of amides is 2. The van der Waals surface area contributed by atoms with E-state index >= 15 is 0 Å². The summed E-state index contributed by atoms with van der Waals surface area (Å²) in [5.41, 5.74) is 0.836. The summed E-state index contributed by atoms with van der Waals surface area (Å²) < 4.78 is 0. The molecule has 0 spiro atoms. The van der Waals surface area contributed by atoms with Gasteiger partial charge in [0.2, 0.25) is 11.8 Å². The molecular formula is C15H20Cl2N2O2. The Morgan fingerprint density at radius 1 is 1.24 bits per heavy atom. The van der Waals surface area contributed by atoms with Crippen molar-refractivity contribution >= 4 is 35.0 Å². The molecule has 4 nitrogen and oxygen atoms in total. The summed E-state index contributed by atoms with van der Waals surface area (Å²) in [5.74, 6) is -0.251. The second-order valence-corrected chi connectivity index (χ2v) is 5.51. The average Bonchev–Trinajstić information content (AvgIpc) is 2.47. The van der Waals surface area contributed by atoms with E-state index in [-0.39, 0.29) is 11.8 Å². The number of carbonyl (C=O) groups is 2. The fourth-order valence-electron chi connectivity index (χ4n) is 1.94. The molecule has 1 aromatic carbocycles. The molecule has 0 bridgehead atoms. The first-order valence-electron chi connectivity index (χ1n) is 6.91. The first kappa shape index (κ1) is 17.8. The summed E-state index contributed by atoms with van der Waals surface area (Å²) in [6.45, 7) is 6.19. The van der Waals surface area contributed by atoms with E-state index < -0.39 is 6.04 Å². The Hall–Kier alpha value is -1.26. The van der Waals surface area contributed by atoms with Crippen molar-refractivity contribution in [1.29, 1.82) is 0 Å². The lowest BCUT2D eigenvalue weighted by Gasteiger charge is -2.28. The van der Waals surface area contributed by atoms with Gasteiger partial charge in [-0.25, -0.2) is 0 Å². The van der Waals surface area contributed by atoms with Crippen LogP contribution in [0.2, 0.25) is 10.0 Å². The topological polar surface area (TPSA) is 49.4 Å². The van der Waals surface area contributed by atoms with E-state index in [9.17, 15) is 9.59 Å². The maximum atomic E-state index is 12.1. The molecule has 1 rings (SSSR count). The van der Waals surface area contributed by atoms with E-state index in [4.69, 9.17) is 23.2 Å². The summed E-state index contributed by atoms with van der Waals surface area (Å²) in [6.07, 6.45) is 0.338. The number of halogens is 2. The molecule has 0 aliphatic rings. The van der Waals surface area contributed by atoms with Gasteiger partial charge in [0.05, 0.1) is 10.0 Å². The molecule has 116 valence electrons. The zero-order valence-electron chi connectivity index (χ0n) is 12.5. The van der Waals surface area contributed by atoms with E-state index in [0.29, 0.717) is 29.6 Å². The third kappa shape index (κ3) is 4.90. The fraction of sp³-hybridized carbons (Fsp3) is 0.467. The number of likely N-dealkylation sites (N-methyl/N-ethyl adjacent to an activating group) is 1. The Bertz CT molecular complexity index is 520. The van der Waals surface area contributed by atoms with Crippen LogP contribution in [0.5, 0.6) is 0 Å². The fourth-order valence-corrected chi connectivity index (χ4v) is 2.26. The molecular weight excluding hydrogens is 311 g/mol. The van der Waals surface area contributed by atoms with Crippen molar-refractivity contribution in [3.8, 4) is 0 Å². The molecule has 0 saturated carbocycles. The Morgan fingerprint density at radius 3 is 2.43 bits per heavy atom. The lowest BCUT2D eigenvalue weighted by molar-refractivity contribution is -0.140. The minimum absolute atomic E-state index is 0.0835. The van der Waals surface area contributed by atoms with Gasteiger partial charge in [0.15, 0.2) is 0 Å². The molecule has 0 unspecified atom stereocenters. The molecule has 0 aromatic heterocycles. The minimum atomic E-state index is -0.535. The van der Waals surface area contributed by atoms with Gasteiger partial charge in [-0.1, -0.05) is 36.2 Å². The Labute approximate surface area is 135 Å². The van der Waals surface area contributed by atoms with Crippen molar-refractivity contribution < 1.29 is 9.59 Å². The molecule has 1 aromatic rings. The van der Waals surface area contributed by atoms with Crippen LogP contribution in [0.4, 0.5) is 0 Å². The SMILES string of the molecule is CCNC(=O)[C@H](C)N(Cc1ccc(Cl)c(Cl)c1)C(=O)CC. The molecule has 0 aliphatic carbocycles. The van der Waals surface area contributed by atoms with E-state index in [1.165, 1.54) is 0 Å². The quantitative estimate of drug-likeness (QED) is 0.870. The summed E-state index contributed by atoms with van der Waals surface area (Å²) >= 11 is 11.9. The first-order valence-corrected chi connectivity index (χ1v) is 7.67. The molecule has 1 atom stereocenters. The van der Waals surface area contributed by atoms with Crippen molar-refractivity contribution in [2.45, 2.75) is 39.8 Å². The number of nitrogens with zero attached hydrogens (tertiary/aromatic N) is 1. The number of rotatable bonds is 6. The molecule has 0 aliphatic heterocycles. The van der Waals surface area contributed by atoms with E-state index in [0.717, 1.165) is 5.56 Å². The van der Waals surface area contributed by atoms with E-state index in [2.05, 4.69) is 5.32 Å². The van der Waals surface area contributed by atoms with Gasteiger partial charge in [0, 0.05) is 19.5 Å². The predicted molar refractivity (Wildman–Crippen MR) is 85.4 cm³/mol. The number of carbonyl (C=O) groups excluding carboxylic acids is 2. The lowest BCUT2D eigenvalue weighted by Crippen LogP contribution is -2.47. The van der Waals surface area contributed by atoms with Crippen LogP contribution in [-0.2, 0) is 16.1 Å². The first-order chi connectivity index (χ1) is 9.90. The standard InChI is InChI=1S/C15H20Cl2N2O2/c1-4-14(20)19(10(3)15(21)18-5-2)9-11-6-7-12(16)13(17)8-11/h6-8,10H,4-5,9H2,1-3H3,(H,18,21)/t10-/m0/s1. The lowest BCUT2D eigenvalue weighted by atomic mass is 10.1. The van der Waals surface area contributed by atoms with Gasteiger partial charge in [-0.15, -0.1) is 0 Å². The van der Waals surface area contributed by atoms with Gasteiger partial charge in [-0.05, 0) is 31.5 Å². The summed E-state index contributed by atoms with van der Waals surface area (Å²) in [4.78, 5) is 25.6. The highest BCUT2D eigenvalue weighted by atomic mass is 35.5. The van der Waals surface area contributed by atoms with Crippen molar-refractivity contribution in [2.24, 2.45) is 0 Å². The molecule has 1 N–H and O–H groups in total. The zero-order chi connectivity index (χ0) is 16.0. The average molecular weight is 331 g/mol. The second kappa shape index (κ2) is 8.25. The van der Waals surface area contributed by atoms with E-state index in [1.54, 1.807) is 36.9 Å². The number of hydrogen-bond donors (Lipinski definition) is 1. The molecule has 21 heavy (non-hydrogen) atoms. The highest BCUT2D eigenvalue weighted by Gasteiger charge is 2.24. The van der Waals surface area contributed by atoms with Crippen LogP contribution in [-0.4, -0.2) is 29.3 Å². The third-order valence-corrected chi connectivity index (χ3v) is 3.90. The predicted octanol–water partition coefficient (Wildman–Crippen LogP) is 3.26. The summed E-state index contributed by atoms with van der Waals surface area (Å²) in [5, 5.41) is 3.63. The molecule has 0 fully saturated rings. The van der Waals surface area contributed by atoms with Crippen LogP contribution in [0, 0.1) is 0 Å². The van der Waals surface area contributed by atoms with E-state index in [1.807, 2.05) is 6.92 Å². The zero-order valence-corrected chi connectivity index (χ0v) is 14.0. The van der Waals surface area contributed by atoms with Crippen molar-refractivity contribution in [2.75, 3.05) is 6.54 Å². The van der Waals surface area contributed by atoms with Gasteiger partial charge in [-0.3, -0.25) is 9.59 Å². The molecule has 2 amide bonds. The Morgan fingerprint density at radius 2 is 1.90 bits per heavy atom. The summed E-state index contributed by atoms with van der Waals surface area (Å²) in [6, 6.07) is 4.66. The van der Waals surface area contributed by atoms with Crippen LogP contribution >= 0.6 is 23.2 Å². The van der Waals surface area contributed by atoms with Crippen LogP contribution in [0.15, 0.2) is 18.2 Å². The highest BCUT2D eigenvalue weighted by molar-refractivity contribution is 6.42. The molecule has 0 radical (unpaired) electrons. The largest absolute Gasteiger partial charge is 0.355 e. The van der Waals surface area contributed by atoms with Crippen molar-refractivity contribution in [1.82, 2.24) is 10.2 Å².